The predicted molar refractivity (Wildman–Crippen MR) is 132 cm³/mol. The summed E-state index contributed by atoms with van der Waals surface area (Å²) >= 11 is 8.15. The van der Waals surface area contributed by atoms with E-state index in [1.165, 1.54) is 34.8 Å². The second-order valence-electron chi connectivity index (χ2n) is 7.45. The van der Waals surface area contributed by atoms with Crippen molar-refractivity contribution in [1.29, 1.82) is 0 Å². The van der Waals surface area contributed by atoms with E-state index in [-0.39, 0.29) is 19.2 Å². The highest BCUT2D eigenvalue weighted by molar-refractivity contribution is 7.98. The number of hydrogen-bond donors (Lipinski definition) is 0. The maximum Gasteiger partial charge on any atom is 0.341 e. The summed E-state index contributed by atoms with van der Waals surface area (Å²) in [4.78, 5) is 17.7. The second kappa shape index (κ2) is 11.7. The van der Waals surface area contributed by atoms with E-state index in [0.29, 0.717) is 41.0 Å². The minimum Gasteiger partial charge on any atom is -0.462 e. The van der Waals surface area contributed by atoms with Crippen LogP contribution in [0.15, 0.2) is 53.7 Å². The summed E-state index contributed by atoms with van der Waals surface area (Å²) in [6.07, 6.45) is 3.00. The Labute approximate surface area is 210 Å². The average molecular weight is 519 g/mol. The molecule has 4 rings (SSSR count). The van der Waals surface area contributed by atoms with Gasteiger partial charge < -0.3 is 14.2 Å². The molecule has 0 spiro atoms. The van der Waals surface area contributed by atoms with Gasteiger partial charge in [-0.15, -0.1) is 11.8 Å². The fourth-order valence-electron chi connectivity index (χ4n) is 3.32. The monoisotopic (exact) mass is 518 g/mol. The number of halogens is 2. The van der Waals surface area contributed by atoms with E-state index in [9.17, 15) is 9.18 Å². The zero-order valence-corrected chi connectivity index (χ0v) is 20.8. The van der Waals surface area contributed by atoms with Crippen molar-refractivity contribution in [2.45, 2.75) is 24.3 Å². The van der Waals surface area contributed by atoms with Crippen LogP contribution in [0.25, 0.3) is 17.0 Å². The van der Waals surface area contributed by atoms with Crippen LogP contribution in [0.2, 0.25) is 5.02 Å². The highest BCUT2D eigenvalue weighted by Gasteiger charge is 2.18. The third-order valence-corrected chi connectivity index (χ3v) is 6.59. The molecule has 2 aromatic carbocycles. The predicted octanol–water partition coefficient (Wildman–Crippen LogP) is 5.10. The molecule has 0 unspecified atom stereocenters. The molecule has 0 radical (unpaired) electrons. The van der Waals surface area contributed by atoms with Gasteiger partial charge in [0, 0.05) is 24.0 Å². The fourth-order valence-corrected chi connectivity index (χ4v) is 4.55. The number of thioether (sulfide) groups is 1. The van der Waals surface area contributed by atoms with E-state index in [1.54, 1.807) is 32.4 Å². The molecule has 0 bridgehead atoms. The highest BCUT2D eigenvalue weighted by atomic mass is 35.5. The van der Waals surface area contributed by atoms with Crippen LogP contribution in [-0.2, 0) is 26.7 Å². The lowest BCUT2D eigenvalue weighted by molar-refractivity contribution is 0.0356. The Morgan fingerprint density at radius 3 is 2.74 bits per heavy atom. The summed E-state index contributed by atoms with van der Waals surface area (Å²) in [6, 6.07) is 10.1. The second-order valence-corrected chi connectivity index (χ2v) is 8.87. The molecule has 0 N–H and O–H groups in total. The van der Waals surface area contributed by atoms with E-state index in [4.69, 9.17) is 30.8 Å². The van der Waals surface area contributed by atoms with E-state index in [2.05, 4.69) is 5.10 Å². The molecule has 0 aliphatic carbocycles. The zero-order chi connectivity index (χ0) is 24.8. The SMILES string of the molecule is CCOC(=O)c1cnn(-c2nc3cc(SCc4ccc(F)cc4)c(Cl)cc3n2COCCOC)c1. The van der Waals surface area contributed by atoms with Gasteiger partial charge in [0.1, 0.15) is 12.5 Å². The number of ether oxygens (including phenoxy) is 3. The van der Waals surface area contributed by atoms with Crippen LogP contribution in [0.1, 0.15) is 22.8 Å². The van der Waals surface area contributed by atoms with Crippen molar-refractivity contribution < 1.29 is 23.4 Å². The topological polar surface area (TPSA) is 80.4 Å². The van der Waals surface area contributed by atoms with Crippen LogP contribution >= 0.6 is 23.4 Å². The summed E-state index contributed by atoms with van der Waals surface area (Å²) < 4.78 is 32.4. The number of fused-ring (bicyclic) bond motifs is 1. The minimum absolute atomic E-state index is 0.183. The van der Waals surface area contributed by atoms with Crippen molar-refractivity contribution >= 4 is 40.4 Å². The van der Waals surface area contributed by atoms with Crippen LogP contribution in [0.3, 0.4) is 0 Å². The maximum atomic E-state index is 13.2. The number of aromatic nitrogens is 4. The van der Waals surface area contributed by atoms with Crippen molar-refractivity contribution in [2.24, 2.45) is 0 Å². The maximum absolute atomic E-state index is 13.2. The largest absolute Gasteiger partial charge is 0.462 e. The number of esters is 1. The van der Waals surface area contributed by atoms with Gasteiger partial charge in [0.05, 0.1) is 47.6 Å². The van der Waals surface area contributed by atoms with E-state index in [0.717, 1.165) is 16.0 Å². The summed E-state index contributed by atoms with van der Waals surface area (Å²) in [5.74, 6) is 0.361. The van der Waals surface area contributed by atoms with Crippen LogP contribution in [0.5, 0.6) is 0 Å². The molecule has 11 heteroatoms. The van der Waals surface area contributed by atoms with Crippen molar-refractivity contribution in [2.75, 3.05) is 26.9 Å². The van der Waals surface area contributed by atoms with Gasteiger partial charge in [-0.3, -0.25) is 4.57 Å². The molecule has 0 amide bonds. The number of benzene rings is 2. The summed E-state index contributed by atoms with van der Waals surface area (Å²) in [5, 5.41) is 4.86. The van der Waals surface area contributed by atoms with Gasteiger partial charge >= 0.3 is 5.97 Å². The number of nitrogens with zero attached hydrogens (tertiary/aromatic N) is 4. The molecule has 35 heavy (non-hydrogen) atoms. The van der Waals surface area contributed by atoms with E-state index in [1.807, 2.05) is 16.7 Å². The summed E-state index contributed by atoms with van der Waals surface area (Å²) in [7, 11) is 1.60. The normalized spacial score (nSPS) is 11.3. The minimum atomic E-state index is -0.458. The van der Waals surface area contributed by atoms with E-state index < -0.39 is 5.97 Å². The number of carbonyl (C=O) groups is 1. The average Bonchev–Trinajstić information content (AvgIpc) is 3.47. The van der Waals surface area contributed by atoms with Crippen LogP contribution in [-0.4, -0.2) is 52.2 Å². The standard InChI is InChI=1S/C24H24ClFN4O4S/c1-3-34-23(31)17-12-27-30(13-17)24-28-20-11-22(35-14-16-4-6-18(26)7-5-16)19(25)10-21(20)29(24)15-33-9-8-32-2/h4-7,10-13H,3,8-9,14-15H2,1-2H3. The Morgan fingerprint density at radius 2 is 2.00 bits per heavy atom. The van der Waals surface area contributed by atoms with E-state index >= 15 is 0 Å². The number of methoxy groups -OCH3 is 1. The molecular formula is C24H24ClFN4O4S. The van der Waals surface area contributed by atoms with Crippen molar-refractivity contribution in [3.8, 4) is 5.95 Å². The molecule has 2 heterocycles. The molecule has 184 valence electrons. The molecule has 8 nitrogen and oxygen atoms in total. The van der Waals surface area contributed by atoms with Gasteiger partial charge in [-0.2, -0.15) is 5.10 Å². The first kappa shape index (κ1) is 25.2. The van der Waals surface area contributed by atoms with Crippen LogP contribution in [0.4, 0.5) is 4.39 Å². The van der Waals surface area contributed by atoms with Gasteiger partial charge in [0.15, 0.2) is 0 Å². The zero-order valence-electron chi connectivity index (χ0n) is 19.2. The lowest BCUT2D eigenvalue weighted by Gasteiger charge is -2.10. The Bertz CT molecular complexity index is 1310. The van der Waals surface area contributed by atoms with Gasteiger partial charge in [-0.1, -0.05) is 23.7 Å². The molecule has 0 fully saturated rings. The number of hydrogen-bond acceptors (Lipinski definition) is 7. The molecule has 0 saturated carbocycles. The first-order valence-corrected chi connectivity index (χ1v) is 12.2. The third kappa shape index (κ3) is 6.02. The fraction of sp³-hybridized carbons (Fsp3) is 0.292. The number of imidazole rings is 1. The first-order valence-electron chi connectivity index (χ1n) is 10.9. The molecule has 4 aromatic rings. The summed E-state index contributed by atoms with van der Waals surface area (Å²) in [5.41, 5.74) is 2.74. The molecule has 2 aromatic heterocycles. The first-order chi connectivity index (χ1) is 17.0. The lowest BCUT2D eigenvalue weighted by atomic mass is 10.2. The van der Waals surface area contributed by atoms with Crippen LogP contribution < -0.4 is 0 Å². The smallest absolute Gasteiger partial charge is 0.341 e. The molecule has 0 atom stereocenters. The summed E-state index contributed by atoms with van der Waals surface area (Å²) in [6.45, 7) is 3.03. The van der Waals surface area contributed by atoms with Gasteiger partial charge in [0.25, 0.3) is 0 Å². The Morgan fingerprint density at radius 1 is 1.20 bits per heavy atom. The van der Waals surface area contributed by atoms with Crippen LogP contribution in [0, 0.1) is 5.82 Å². The molecular weight excluding hydrogens is 495 g/mol. The number of carbonyl (C=O) groups excluding carboxylic acids is 1. The lowest BCUT2D eigenvalue weighted by Crippen LogP contribution is -2.12. The number of rotatable bonds is 11. The quantitative estimate of drug-likeness (QED) is 0.155. The highest BCUT2D eigenvalue weighted by Crippen LogP contribution is 2.34. The van der Waals surface area contributed by atoms with Crippen molar-refractivity contribution in [3.63, 3.8) is 0 Å². The molecule has 0 aliphatic rings. The van der Waals surface area contributed by atoms with Crippen molar-refractivity contribution in [3.05, 3.63) is 70.8 Å². The van der Waals surface area contributed by atoms with Gasteiger partial charge in [0.2, 0.25) is 5.95 Å². The Balaban J connectivity index is 1.66. The molecule has 0 saturated heterocycles. The molecule has 0 aliphatic heterocycles. The Hall–Kier alpha value is -2.92. The Kier molecular flexibility index (Phi) is 8.40. The van der Waals surface area contributed by atoms with Crippen molar-refractivity contribution in [1.82, 2.24) is 19.3 Å². The van der Waals surface area contributed by atoms with Gasteiger partial charge in [-0.25, -0.2) is 18.9 Å². The van der Waals surface area contributed by atoms with Gasteiger partial charge in [-0.05, 0) is 36.8 Å². The third-order valence-electron chi connectivity index (χ3n) is 5.04.